The summed E-state index contributed by atoms with van der Waals surface area (Å²) in [5.74, 6) is 0. The third-order valence-electron chi connectivity index (χ3n) is 0. The predicted molar refractivity (Wildman–Crippen MR) is 25.8 cm³/mol. The quantitative estimate of drug-likeness (QED) is 0.357. The summed E-state index contributed by atoms with van der Waals surface area (Å²) >= 11 is 0. The van der Waals surface area contributed by atoms with Gasteiger partial charge in [0.25, 0.3) is 0 Å². The average molecular weight is 471 g/mol. The Morgan fingerprint density at radius 2 is 1.00 bits per heavy atom. The maximum atomic E-state index is 0. The Balaban J connectivity index is 0. The SMILES string of the molecule is [Cr].[Cu].[Fe].[KH].[NaH].[Pb].[Si]. The van der Waals surface area contributed by atoms with E-state index in [0.717, 1.165) is 0 Å². The van der Waals surface area contributed by atoms with Gasteiger partial charge < -0.3 is 0 Å². The van der Waals surface area contributed by atoms with Crippen molar-refractivity contribution in [1.29, 1.82) is 0 Å². The summed E-state index contributed by atoms with van der Waals surface area (Å²) < 4.78 is 0. The van der Waals surface area contributed by atoms with Crippen LogP contribution in [-0.2, 0) is 51.5 Å². The molecule has 0 atom stereocenters. The molecule has 0 N–H and O–H groups in total. The number of rotatable bonds is 0. The molecular formula is H2CrCuFeKNaPbSi. The summed E-state index contributed by atoms with van der Waals surface area (Å²) in [5.41, 5.74) is 0. The van der Waals surface area contributed by atoms with Gasteiger partial charge in [-0.3, -0.25) is 0 Å². The molecular weight excluding hydrogens is 469 g/mol. The maximum absolute atomic E-state index is 0. The zero-order chi connectivity index (χ0) is 0. The smallest absolute Gasteiger partial charge is 0 e. The monoisotopic (exact) mass is 471 g/mol. The van der Waals surface area contributed by atoms with Crippen molar-refractivity contribution in [2.75, 3.05) is 0 Å². The molecule has 0 aromatic heterocycles. The van der Waals surface area contributed by atoms with E-state index in [1.54, 1.807) is 0 Å². The minimum atomic E-state index is 0. The molecule has 0 saturated heterocycles. The van der Waals surface area contributed by atoms with Gasteiger partial charge >= 0.3 is 80.9 Å². The van der Waals surface area contributed by atoms with E-state index in [1.165, 1.54) is 0 Å². The Bertz CT molecular complexity index is 19.7. The first-order valence-corrected chi connectivity index (χ1v) is 0. The third-order valence-corrected chi connectivity index (χ3v) is 0. The summed E-state index contributed by atoms with van der Waals surface area (Å²) in [7, 11) is 0. The van der Waals surface area contributed by atoms with Crippen molar-refractivity contribution < 1.29 is 51.5 Å². The van der Waals surface area contributed by atoms with Crippen LogP contribution in [0.5, 0.6) is 0 Å². The Morgan fingerprint density at radius 3 is 1.00 bits per heavy atom. The summed E-state index contributed by atoms with van der Waals surface area (Å²) in [6.07, 6.45) is 0. The van der Waals surface area contributed by atoms with Crippen LogP contribution in [0.2, 0.25) is 0 Å². The zero-order valence-corrected chi connectivity index (χ0v) is 10.3. The first-order valence-electron chi connectivity index (χ1n) is 0. The van der Waals surface area contributed by atoms with Crippen molar-refractivity contribution in [3.8, 4) is 0 Å². The second-order valence-corrected chi connectivity index (χ2v) is 0. The Hall–Kier alpha value is 5.35. The van der Waals surface area contributed by atoms with E-state index in [1.807, 2.05) is 0 Å². The van der Waals surface area contributed by atoms with Crippen LogP contribution in [-0.4, -0.2) is 119 Å². The molecule has 0 spiro atoms. The molecule has 0 amide bonds. The van der Waals surface area contributed by atoms with E-state index < -0.39 is 0 Å². The van der Waals surface area contributed by atoms with Crippen molar-refractivity contribution in [2.24, 2.45) is 0 Å². The van der Waals surface area contributed by atoms with Crippen molar-refractivity contribution in [1.82, 2.24) is 0 Å². The molecule has 0 unspecified atom stereocenters. The molecule has 0 aliphatic carbocycles. The largest absolute Gasteiger partial charge is 0 e. The second kappa shape index (κ2) is 42.5. The normalized spacial score (nSPS) is 0. The molecule has 0 saturated carbocycles. The summed E-state index contributed by atoms with van der Waals surface area (Å²) in [4.78, 5) is 0. The summed E-state index contributed by atoms with van der Waals surface area (Å²) in [6.45, 7) is 0. The van der Waals surface area contributed by atoms with Gasteiger partial charge in [-0.05, 0) is 0 Å². The number of hydrogen-bond donors (Lipinski definition) is 0. The van der Waals surface area contributed by atoms with Crippen molar-refractivity contribution >= 4 is 119 Å². The van der Waals surface area contributed by atoms with Crippen molar-refractivity contribution in [3.05, 3.63) is 0 Å². The molecule has 7 heavy (non-hydrogen) atoms. The van der Waals surface area contributed by atoms with Gasteiger partial charge in [-0.25, -0.2) is 0 Å². The van der Waals surface area contributed by atoms with Gasteiger partial charge in [-0.2, -0.15) is 0 Å². The van der Waals surface area contributed by atoms with E-state index in [4.69, 9.17) is 0 Å². The van der Waals surface area contributed by atoms with Crippen molar-refractivity contribution in [3.63, 3.8) is 0 Å². The minimum absolute atomic E-state index is 0. The molecule has 0 aromatic carbocycles. The van der Waals surface area contributed by atoms with Crippen molar-refractivity contribution in [2.45, 2.75) is 0 Å². The van der Waals surface area contributed by atoms with Crippen LogP contribution in [0.4, 0.5) is 0 Å². The van der Waals surface area contributed by atoms with Crippen LogP contribution in [0.1, 0.15) is 0 Å². The first-order chi connectivity index (χ1) is 0. The average Bonchev–Trinajstić information content (AvgIpc) is 0. The molecule has 0 fully saturated rings. The van der Waals surface area contributed by atoms with E-state index in [9.17, 15) is 0 Å². The zero-order valence-electron chi connectivity index (χ0n) is 2.06. The second-order valence-electron chi connectivity index (χ2n) is 0. The van der Waals surface area contributed by atoms with Gasteiger partial charge in [-0.15, -0.1) is 0 Å². The molecule has 0 nitrogen and oxygen atoms in total. The van der Waals surface area contributed by atoms with Crippen LogP contribution in [0.25, 0.3) is 0 Å². The van der Waals surface area contributed by atoms with E-state index in [0.29, 0.717) is 0 Å². The number of hydrogen-bond acceptors (Lipinski definition) is 0. The van der Waals surface area contributed by atoms with Gasteiger partial charge in [0.05, 0.1) is 0 Å². The molecule has 0 aliphatic heterocycles. The fourth-order valence-electron chi connectivity index (χ4n) is 0. The maximum Gasteiger partial charge on any atom is 0 e. The molecule has 0 heterocycles. The van der Waals surface area contributed by atoms with E-state index >= 15 is 0 Å². The fraction of sp³-hybridized carbons (Fsp3) is 0. The van der Waals surface area contributed by atoms with Gasteiger partial charge in [0, 0.05) is 89.8 Å². The van der Waals surface area contributed by atoms with E-state index in [-0.39, 0.29) is 171 Å². The molecule has 0 bridgehead atoms. The summed E-state index contributed by atoms with van der Waals surface area (Å²) in [6, 6.07) is 0. The third kappa shape index (κ3) is 34.7. The Labute approximate surface area is 166 Å². The molecule has 0 aromatic rings. The van der Waals surface area contributed by atoms with Gasteiger partial charge in [0.15, 0.2) is 0 Å². The van der Waals surface area contributed by atoms with Crippen LogP contribution in [0.3, 0.4) is 0 Å². The van der Waals surface area contributed by atoms with Crippen LogP contribution in [0, 0.1) is 0 Å². The standard InChI is InChI=1S/Cr.Cu.Fe.K.Na.Pb.Si.2H. The van der Waals surface area contributed by atoms with Crippen LogP contribution < -0.4 is 0 Å². The van der Waals surface area contributed by atoms with Gasteiger partial charge in [-0.1, -0.05) is 0 Å². The summed E-state index contributed by atoms with van der Waals surface area (Å²) in [5, 5.41) is 0. The van der Waals surface area contributed by atoms with Crippen LogP contribution in [0.15, 0.2) is 0 Å². The topological polar surface area (TPSA) is 0 Å². The fourth-order valence-corrected chi connectivity index (χ4v) is 0. The Morgan fingerprint density at radius 1 is 1.00 bits per heavy atom. The van der Waals surface area contributed by atoms with Gasteiger partial charge in [0.1, 0.15) is 0 Å². The van der Waals surface area contributed by atoms with Gasteiger partial charge in [0.2, 0.25) is 0 Å². The molecule has 37 valence electrons. The predicted octanol–water partition coefficient (Wildman–Crippen LogP) is -2.07. The molecule has 0 rings (SSSR count). The molecule has 9 radical (unpaired) electrons. The minimum Gasteiger partial charge on any atom is 0 e. The van der Waals surface area contributed by atoms with E-state index in [2.05, 4.69) is 0 Å². The Kier molecular flexibility index (Phi) is 338. The molecule has 7 heteroatoms. The van der Waals surface area contributed by atoms with Crippen LogP contribution >= 0.6 is 0 Å². The molecule has 0 aliphatic rings. The first kappa shape index (κ1) is 55.6.